The largest absolute Gasteiger partial charge is 0.472 e. The van der Waals surface area contributed by atoms with E-state index in [2.05, 4.69) is 48.5 Å². The molecule has 0 spiro atoms. The Labute approximate surface area is 607 Å². The second-order valence-electron chi connectivity index (χ2n) is 29.8. The smallest absolute Gasteiger partial charge is 0.462 e. The number of rotatable bonds is 78. The van der Waals surface area contributed by atoms with Crippen LogP contribution in [-0.4, -0.2) is 96.7 Å². The Morgan fingerprint density at radius 3 is 0.768 bits per heavy atom. The van der Waals surface area contributed by atoms with Crippen molar-refractivity contribution in [3.05, 3.63) is 0 Å². The SMILES string of the molecule is CCCCCCCCCCCCCCC(=O)O[C@H](COC(=O)CCCCCCCCCCC(C)C)COP(=O)(O)OC[C@H](O)COP(=O)(O)OC[C@@H](COC(=O)CCCCCCCCCCCCCCCCC(C)CC)OC(=O)CCCCCCCCCCCCCCCCC(C)CC. The van der Waals surface area contributed by atoms with E-state index in [9.17, 15) is 43.2 Å². The van der Waals surface area contributed by atoms with E-state index in [4.69, 9.17) is 37.0 Å². The van der Waals surface area contributed by atoms with E-state index in [0.29, 0.717) is 25.7 Å². The molecular weight excluding hydrogens is 1290 g/mol. The highest BCUT2D eigenvalue weighted by Crippen LogP contribution is 2.45. The lowest BCUT2D eigenvalue weighted by molar-refractivity contribution is -0.161. The summed E-state index contributed by atoms with van der Waals surface area (Å²) in [5, 5.41) is 10.6. The van der Waals surface area contributed by atoms with E-state index in [-0.39, 0.29) is 25.7 Å². The number of aliphatic hydroxyl groups is 1. The normalized spacial score (nSPS) is 14.5. The maximum absolute atomic E-state index is 13.1. The monoisotopic (exact) mass is 1450 g/mol. The summed E-state index contributed by atoms with van der Waals surface area (Å²) in [6.07, 6.45) is 58.1. The molecule has 99 heavy (non-hydrogen) atoms. The maximum atomic E-state index is 13.1. The molecule has 0 aromatic carbocycles. The van der Waals surface area contributed by atoms with Crippen molar-refractivity contribution < 1.29 is 80.2 Å². The Bertz CT molecular complexity index is 1930. The van der Waals surface area contributed by atoms with E-state index in [1.54, 1.807) is 0 Å². The topological polar surface area (TPSA) is 237 Å². The van der Waals surface area contributed by atoms with Crippen molar-refractivity contribution >= 4 is 39.5 Å². The van der Waals surface area contributed by atoms with E-state index in [0.717, 1.165) is 108 Å². The maximum Gasteiger partial charge on any atom is 0.472 e. The number of carbonyl (C=O) groups is 4. The van der Waals surface area contributed by atoms with Crippen molar-refractivity contribution in [3.63, 3.8) is 0 Å². The summed E-state index contributed by atoms with van der Waals surface area (Å²) in [5.41, 5.74) is 0. The highest BCUT2D eigenvalue weighted by Gasteiger charge is 2.30. The van der Waals surface area contributed by atoms with Crippen LogP contribution < -0.4 is 0 Å². The molecule has 0 saturated heterocycles. The van der Waals surface area contributed by atoms with Gasteiger partial charge in [0.1, 0.15) is 19.3 Å². The van der Waals surface area contributed by atoms with E-state index in [1.807, 2.05) is 0 Å². The summed E-state index contributed by atoms with van der Waals surface area (Å²) < 4.78 is 68.7. The second-order valence-corrected chi connectivity index (χ2v) is 32.7. The Morgan fingerprint density at radius 1 is 0.293 bits per heavy atom. The van der Waals surface area contributed by atoms with Crippen LogP contribution in [0, 0.1) is 17.8 Å². The highest BCUT2D eigenvalue weighted by atomic mass is 31.2. The van der Waals surface area contributed by atoms with Crippen LogP contribution in [-0.2, 0) is 65.4 Å². The van der Waals surface area contributed by atoms with Crippen molar-refractivity contribution in [1.82, 2.24) is 0 Å². The standard InChI is InChI=1S/C80H156O17P2/c1-8-11-12-13-14-15-16-27-33-42-49-56-63-79(84)97-76(68-91-78(83)62-55-48-41-36-35-37-44-51-58-71(4)5)70-95-99(88,89)93-66-74(81)65-92-98(86,87)94-69-75(96-80(85)64-57-50-43-34-29-24-20-18-22-26-31-39-46-53-60-73(7)10-3)67-90-77(82)61-54-47-40-32-28-23-19-17-21-25-30-38-45-52-59-72(6)9-2/h71-76,81H,8-70H2,1-7H3,(H,86,87)(H,88,89)/t72?,73?,74-,75-,76-/m1/s1. The van der Waals surface area contributed by atoms with Gasteiger partial charge >= 0.3 is 39.5 Å². The molecule has 0 saturated carbocycles. The van der Waals surface area contributed by atoms with Gasteiger partial charge in [0.25, 0.3) is 0 Å². The number of hydrogen-bond donors (Lipinski definition) is 3. The van der Waals surface area contributed by atoms with Crippen LogP contribution >= 0.6 is 15.6 Å². The molecule has 0 rings (SSSR count). The summed E-state index contributed by atoms with van der Waals surface area (Å²) in [6.45, 7) is 12.0. The van der Waals surface area contributed by atoms with Gasteiger partial charge in [0.05, 0.1) is 26.4 Å². The molecule has 0 bridgehead atoms. The summed E-state index contributed by atoms with van der Waals surface area (Å²) in [4.78, 5) is 73.0. The van der Waals surface area contributed by atoms with Crippen LogP contribution in [0.1, 0.15) is 414 Å². The molecule has 17 nitrogen and oxygen atoms in total. The van der Waals surface area contributed by atoms with Gasteiger partial charge in [0.15, 0.2) is 12.2 Å². The van der Waals surface area contributed by atoms with Crippen LogP contribution in [0.15, 0.2) is 0 Å². The summed E-state index contributed by atoms with van der Waals surface area (Å²) in [7, 11) is -9.92. The first-order chi connectivity index (χ1) is 47.8. The quantitative estimate of drug-likeness (QED) is 0.0222. The number of phosphoric ester groups is 2. The number of unbranched alkanes of at least 4 members (excludes halogenated alkanes) is 44. The van der Waals surface area contributed by atoms with Gasteiger partial charge in [0, 0.05) is 25.7 Å². The third kappa shape index (κ3) is 71.5. The molecule has 0 aliphatic heterocycles. The first kappa shape index (κ1) is 97.1. The average molecular weight is 1450 g/mol. The minimum atomic E-state index is -4.96. The third-order valence-electron chi connectivity index (χ3n) is 19.4. The molecule has 19 heteroatoms. The number of aliphatic hydroxyl groups excluding tert-OH is 1. The van der Waals surface area contributed by atoms with E-state index in [1.165, 1.54) is 225 Å². The molecule has 3 N–H and O–H groups in total. The Hall–Kier alpha value is -1.94. The number of hydrogen-bond acceptors (Lipinski definition) is 15. The number of phosphoric acid groups is 2. The number of esters is 4. The van der Waals surface area contributed by atoms with Crippen LogP contribution in [0.5, 0.6) is 0 Å². The first-order valence-electron chi connectivity index (χ1n) is 41.4. The van der Waals surface area contributed by atoms with Crippen molar-refractivity contribution in [1.29, 1.82) is 0 Å². The van der Waals surface area contributed by atoms with Crippen LogP contribution in [0.4, 0.5) is 0 Å². The van der Waals surface area contributed by atoms with Gasteiger partial charge in [0.2, 0.25) is 0 Å². The zero-order valence-corrected chi connectivity index (χ0v) is 66.8. The Morgan fingerprint density at radius 2 is 0.515 bits per heavy atom. The molecular formula is C80H156O17P2. The average Bonchev–Trinajstić information content (AvgIpc) is 1.04. The van der Waals surface area contributed by atoms with Crippen LogP contribution in [0.25, 0.3) is 0 Å². The third-order valence-corrected chi connectivity index (χ3v) is 21.3. The van der Waals surface area contributed by atoms with Crippen molar-refractivity contribution in [2.45, 2.75) is 433 Å². The van der Waals surface area contributed by atoms with Crippen molar-refractivity contribution in [2.24, 2.45) is 17.8 Å². The fourth-order valence-electron chi connectivity index (χ4n) is 12.2. The van der Waals surface area contributed by atoms with Gasteiger partial charge in [-0.2, -0.15) is 0 Å². The second kappa shape index (κ2) is 70.4. The number of ether oxygens (including phenoxy) is 4. The lowest BCUT2D eigenvalue weighted by atomic mass is 9.99. The van der Waals surface area contributed by atoms with Crippen LogP contribution in [0.3, 0.4) is 0 Å². The molecule has 0 aliphatic carbocycles. The van der Waals surface area contributed by atoms with E-state index < -0.39 is 97.5 Å². The zero-order chi connectivity index (χ0) is 73.0. The zero-order valence-electron chi connectivity index (χ0n) is 65.0. The van der Waals surface area contributed by atoms with Gasteiger partial charge in [-0.1, -0.05) is 363 Å². The predicted molar refractivity (Wildman–Crippen MR) is 405 cm³/mol. The Kier molecular flexibility index (Phi) is 69.0. The Balaban J connectivity index is 5.25. The summed E-state index contributed by atoms with van der Waals surface area (Å²) >= 11 is 0. The number of carbonyl (C=O) groups excluding carboxylic acids is 4. The fraction of sp³-hybridized carbons (Fsp3) is 0.950. The molecule has 0 fully saturated rings. The summed E-state index contributed by atoms with van der Waals surface area (Å²) in [5.74, 6) is 0.311. The molecule has 0 aliphatic rings. The van der Waals surface area contributed by atoms with Gasteiger partial charge in [-0.3, -0.25) is 37.3 Å². The lowest BCUT2D eigenvalue weighted by Gasteiger charge is -2.21. The minimum absolute atomic E-state index is 0.107. The molecule has 0 radical (unpaired) electrons. The molecule has 0 aromatic heterocycles. The predicted octanol–water partition coefficient (Wildman–Crippen LogP) is 23.7. The molecule has 0 amide bonds. The van der Waals surface area contributed by atoms with Crippen molar-refractivity contribution in [3.8, 4) is 0 Å². The summed E-state index contributed by atoms with van der Waals surface area (Å²) in [6, 6.07) is 0. The fourth-order valence-corrected chi connectivity index (χ4v) is 13.8. The van der Waals surface area contributed by atoms with Gasteiger partial charge < -0.3 is 33.8 Å². The molecule has 7 atom stereocenters. The van der Waals surface area contributed by atoms with Gasteiger partial charge in [-0.15, -0.1) is 0 Å². The van der Waals surface area contributed by atoms with Gasteiger partial charge in [-0.25, -0.2) is 9.13 Å². The molecule has 0 heterocycles. The first-order valence-corrected chi connectivity index (χ1v) is 44.4. The van der Waals surface area contributed by atoms with Crippen LogP contribution in [0.2, 0.25) is 0 Å². The molecule has 4 unspecified atom stereocenters. The molecule has 588 valence electrons. The van der Waals surface area contributed by atoms with E-state index >= 15 is 0 Å². The van der Waals surface area contributed by atoms with Crippen molar-refractivity contribution in [2.75, 3.05) is 39.6 Å². The van der Waals surface area contributed by atoms with Gasteiger partial charge in [-0.05, 0) is 43.4 Å². The minimum Gasteiger partial charge on any atom is -0.462 e. The highest BCUT2D eigenvalue weighted by molar-refractivity contribution is 7.47. The molecule has 0 aromatic rings. The lowest BCUT2D eigenvalue weighted by Crippen LogP contribution is -2.30.